The number of carboxylic acid groups (broad SMARTS) is 1. The third kappa shape index (κ3) is 7.05. The molecule has 1 heterocycles. The van der Waals surface area contributed by atoms with Crippen LogP contribution in [0.1, 0.15) is 31.2 Å². The van der Waals surface area contributed by atoms with E-state index in [1.54, 1.807) is 19.0 Å². The van der Waals surface area contributed by atoms with E-state index in [2.05, 4.69) is 22.3 Å². The summed E-state index contributed by atoms with van der Waals surface area (Å²) in [5.41, 5.74) is 1.76. The number of rotatable bonds is 3. The molecule has 1 aliphatic heterocycles. The van der Waals surface area contributed by atoms with Gasteiger partial charge >= 0.3 is 18.2 Å². The van der Waals surface area contributed by atoms with Crippen LogP contribution in [0.3, 0.4) is 0 Å². The maximum atomic E-state index is 11.7. The van der Waals surface area contributed by atoms with Crippen LogP contribution in [0.4, 0.5) is 18.0 Å². The third-order valence-corrected chi connectivity index (χ3v) is 5.78. The summed E-state index contributed by atoms with van der Waals surface area (Å²) in [6.45, 7) is 3.26. The molecule has 0 radical (unpaired) electrons. The van der Waals surface area contributed by atoms with E-state index >= 15 is 0 Å². The van der Waals surface area contributed by atoms with Crippen molar-refractivity contribution in [3.63, 3.8) is 0 Å². The molecule has 0 atom stereocenters. The van der Waals surface area contributed by atoms with Crippen molar-refractivity contribution in [3.05, 3.63) is 34.9 Å². The van der Waals surface area contributed by atoms with Gasteiger partial charge in [0.1, 0.15) is 0 Å². The van der Waals surface area contributed by atoms with Gasteiger partial charge in [-0.2, -0.15) is 13.2 Å². The number of nitrogens with zero attached hydrogens (tertiary/aromatic N) is 2. The molecule has 2 amide bonds. The number of benzene rings is 1. The van der Waals surface area contributed by atoms with Crippen LogP contribution in [0, 0.1) is 5.41 Å². The molecule has 0 bridgehead atoms. The lowest BCUT2D eigenvalue weighted by molar-refractivity contribution is -0.192. The Morgan fingerprint density at radius 1 is 1.27 bits per heavy atom. The predicted octanol–water partition coefficient (Wildman–Crippen LogP) is 3.99. The second-order valence-electron chi connectivity index (χ2n) is 8.16. The fourth-order valence-corrected chi connectivity index (χ4v) is 4.09. The Labute approximate surface area is 179 Å². The number of urea groups is 1. The first kappa shape index (κ1) is 24.3. The summed E-state index contributed by atoms with van der Waals surface area (Å²) in [4.78, 5) is 24.7. The topological polar surface area (TPSA) is 72.9 Å². The normalized spacial score (nSPS) is 18.7. The largest absolute Gasteiger partial charge is 0.490 e. The molecule has 0 aromatic heterocycles. The number of carbonyl (C=O) groups is 2. The first-order valence-corrected chi connectivity index (χ1v) is 10.0. The second kappa shape index (κ2) is 9.87. The minimum Gasteiger partial charge on any atom is -0.475 e. The van der Waals surface area contributed by atoms with Gasteiger partial charge in [0.2, 0.25) is 0 Å². The maximum Gasteiger partial charge on any atom is 0.490 e. The molecule has 1 spiro atoms. The van der Waals surface area contributed by atoms with Crippen molar-refractivity contribution in [1.82, 2.24) is 15.1 Å². The number of piperidine rings is 1. The summed E-state index contributed by atoms with van der Waals surface area (Å²) in [6, 6.07) is 8.54. The molecule has 2 N–H and O–H groups in total. The summed E-state index contributed by atoms with van der Waals surface area (Å²) in [5, 5.41) is 11.0. The molecule has 30 heavy (non-hydrogen) atoms. The summed E-state index contributed by atoms with van der Waals surface area (Å²) in [7, 11) is 3.58. The van der Waals surface area contributed by atoms with E-state index in [0.717, 1.165) is 37.5 Å². The van der Waals surface area contributed by atoms with Gasteiger partial charge in [0, 0.05) is 31.7 Å². The second-order valence-corrected chi connectivity index (χ2v) is 8.59. The predicted molar refractivity (Wildman–Crippen MR) is 107 cm³/mol. The number of alkyl halides is 3. The molecule has 2 aliphatic rings. The molecule has 1 saturated carbocycles. The molecular formula is C20H27ClF3N3O3. The van der Waals surface area contributed by atoms with E-state index in [-0.39, 0.29) is 6.03 Å². The van der Waals surface area contributed by atoms with Gasteiger partial charge in [-0.05, 0) is 61.9 Å². The van der Waals surface area contributed by atoms with E-state index < -0.39 is 12.1 Å². The number of nitrogens with one attached hydrogen (secondary N) is 1. The Kier molecular flexibility index (Phi) is 7.99. The molecule has 6 nitrogen and oxygen atoms in total. The zero-order chi connectivity index (χ0) is 22.5. The molecule has 1 aliphatic carbocycles. The number of hydrogen-bond acceptors (Lipinski definition) is 3. The molecule has 1 saturated heterocycles. The SMILES string of the molecule is CN(C)C(=O)NC1CC2(CCN(Cc3cccc(Cl)c3)CC2)C1.O=C(O)C(F)(F)F. The average molecular weight is 450 g/mol. The third-order valence-electron chi connectivity index (χ3n) is 5.55. The smallest absolute Gasteiger partial charge is 0.475 e. The van der Waals surface area contributed by atoms with Crippen LogP contribution in [0.2, 0.25) is 5.02 Å². The number of amides is 2. The van der Waals surface area contributed by atoms with Gasteiger partial charge in [0.25, 0.3) is 0 Å². The van der Waals surface area contributed by atoms with Gasteiger partial charge < -0.3 is 15.3 Å². The fraction of sp³-hybridized carbons (Fsp3) is 0.600. The number of carbonyl (C=O) groups excluding carboxylic acids is 1. The fourth-order valence-electron chi connectivity index (χ4n) is 3.88. The first-order chi connectivity index (χ1) is 13.9. The van der Waals surface area contributed by atoms with Crippen molar-refractivity contribution in [2.24, 2.45) is 5.41 Å². The van der Waals surface area contributed by atoms with Crippen molar-refractivity contribution in [2.75, 3.05) is 27.2 Å². The van der Waals surface area contributed by atoms with Gasteiger partial charge in [-0.3, -0.25) is 4.90 Å². The van der Waals surface area contributed by atoms with Gasteiger partial charge in [0.15, 0.2) is 0 Å². The number of aliphatic carboxylic acids is 1. The monoisotopic (exact) mass is 449 g/mol. The zero-order valence-electron chi connectivity index (χ0n) is 17.0. The number of hydrogen-bond donors (Lipinski definition) is 2. The number of likely N-dealkylation sites (tertiary alicyclic amines) is 1. The van der Waals surface area contributed by atoms with Crippen LogP contribution in [0.5, 0.6) is 0 Å². The maximum absolute atomic E-state index is 11.7. The lowest BCUT2D eigenvalue weighted by atomic mass is 9.60. The van der Waals surface area contributed by atoms with Crippen molar-refractivity contribution in [1.29, 1.82) is 0 Å². The standard InChI is InChI=1S/C18H26ClN3O.C2HF3O2/c1-21(2)17(23)20-16-11-18(12-16)6-8-22(9-7-18)13-14-4-3-5-15(19)10-14;3-2(4,5)1(6)7/h3-5,10,16H,6-9,11-13H2,1-2H3,(H,20,23);(H,6,7). The van der Waals surface area contributed by atoms with E-state index in [9.17, 15) is 18.0 Å². The highest BCUT2D eigenvalue weighted by Crippen LogP contribution is 2.49. The van der Waals surface area contributed by atoms with Crippen LogP contribution >= 0.6 is 11.6 Å². The van der Waals surface area contributed by atoms with Crippen molar-refractivity contribution < 1.29 is 27.9 Å². The minimum atomic E-state index is -5.08. The highest BCUT2D eigenvalue weighted by atomic mass is 35.5. The number of carboxylic acids is 1. The van der Waals surface area contributed by atoms with E-state index in [4.69, 9.17) is 21.5 Å². The van der Waals surface area contributed by atoms with E-state index in [1.807, 2.05) is 12.1 Å². The zero-order valence-corrected chi connectivity index (χ0v) is 17.8. The summed E-state index contributed by atoms with van der Waals surface area (Å²) in [5.74, 6) is -2.76. The first-order valence-electron chi connectivity index (χ1n) is 9.65. The minimum absolute atomic E-state index is 0.0308. The van der Waals surface area contributed by atoms with Crippen molar-refractivity contribution in [3.8, 4) is 0 Å². The molecule has 1 aromatic rings. The molecular weight excluding hydrogens is 423 g/mol. The van der Waals surface area contributed by atoms with E-state index in [0.29, 0.717) is 11.5 Å². The van der Waals surface area contributed by atoms with Crippen LogP contribution in [-0.4, -0.2) is 66.3 Å². The van der Waals surface area contributed by atoms with Gasteiger partial charge in [-0.25, -0.2) is 9.59 Å². The lowest BCUT2D eigenvalue weighted by Gasteiger charge is -2.52. The molecule has 3 rings (SSSR count). The van der Waals surface area contributed by atoms with Gasteiger partial charge in [-0.1, -0.05) is 23.7 Å². The lowest BCUT2D eigenvalue weighted by Crippen LogP contribution is -2.56. The summed E-state index contributed by atoms with van der Waals surface area (Å²) in [6.07, 6.45) is -0.334. The van der Waals surface area contributed by atoms with Crippen LogP contribution in [-0.2, 0) is 11.3 Å². The van der Waals surface area contributed by atoms with Crippen molar-refractivity contribution >= 4 is 23.6 Å². The van der Waals surface area contributed by atoms with Gasteiger partial charge in [-0.15, -0.1) is 0 Å². The molecule has 0 unspecified atom stereocenters. The highest BCUT2D eigenvalue weighted by Gasteiger charge is 2.46. The average Bonchev–Trinajstić information content (AvgIpc) is 2.61. The van der Waals surface area contributed by atoms with Gasteiger partial charge in [0.05, 0.1) is 0 Å². The molecule has 168 valence electrons. The molecule has 10 heteroatoms. The van der Waals surface area contributed by atoms with Crippen LogP contribution in [0.15, 0.2) is 24.3 Å². The Morgan fingerprint density at radius 2 is 1.83 bits per heavy atom. The Bertz CT molecular complexity index is 742. The summed E-state index contributed by atoms with van der Waals surface area (Å²) >= 11 is 6.06. The van der Waals surface area contributed by atoms with Crippen molar-refractivity contribution in [2.45, 2.75) is 44.4 Å². The molecule has 1 aromatic carbocycles. The Morgan fingerprint density at radius 3 is 2.30 bits per heavy atom. The van der Waals surface area contributed by atoms with Crippen LogP contribution < -0.4 is 5.32 Å². The highest BCUT2D eigenvalue weighted by molar-refractivity contribution is 6.30. The van der Waals surface area contributed by atoms with Crippen LogP contribution in [0.25, 0.3) is 0 Å². The Hall–Kier alpha value is -2.00. The number of halogens is 4. The Balaban J connectivity index is 0.000000396. The summed E-state index contributed by atoms with van der Waals surface area (Å²) < 4.78 is 31.7. The molecule has 2 fully saturated rings. The van der Waals surface area contributed by atoms with E-state index in [1.165, 1.54) is 18.4 Å². The quantitative estimate of drug-likeness (QED) is 0.732.